The van der Waals surface area contributed by atoms with Crippen LogP contribution in [0.25, 0.3) is 0 Å². The molecule has 0 aromatic heterocycles. The molecule has 1 aromatic rings. The average molecular weight is 355 g/mol. The minimum absolute atomic E-state index is 0.156. The van der Waals surface area contributed by atoms with Gasteiger partial charge in [-0.1, -0.05) is 6.07 Å². The smallest absolute Gasteiger partial charge is 0.321 e. The number of rotatable bonds is 1. The van der Waals surface area contributed by atoms with E-state index in [-0.39, 0.29) is 17.5 Å². The molecule has 138 valence electrons. The van der Waals surface area contributed by atoms with E-state index >= 15 is 0 Å². The van der Waals surface area contributed by atoms with E-state index < -0.39 is 0 Å². The van der Waals surface area contributed by atoms with Crippen LogP contribution in [0.15, 0.2) is 24.3 Å². The van der Waals surface area contributed by atoms with Crippen LogP contribution >= 0.6 is 0 Å². The van der Waals surface area contributed by atoms with Gasteiger partial charge < -0.3 is 15.1 Å². The summed E-state index contributed by atoms with van der Waals surface area (Å²) >= 11 is 0. The van der Waals surface area contributed by atoms with Crippen molar-refractivity contribution in [3.63, 3.8) is 0 Å². The van der Waals surface area contributed by atoms with Gasteiger partial charge in [0.15, 0.2) is 0 Å². The second-order valence-corrected chi connectivity index (χ2v) is 7.26. The molecule has 3 amide bonds. The lowest BCUT2D eigenvalue weighted by atomic mass is 9.86. The number of likely N-dealkylation sites (tertiary alicyclic amines) is 1. The Kier molecular flexibility index (Phi) is 5.14. The van der Waals surface area contributed by atoms with E-state index in [1.54, 1.807) is 29.2 Å². The highest BCUT2D eigenvalue weighted by Gasteiger charge is 2.42. The zero-order chi connectivity index (χ0) is 18.7. The summed E-state index contributed by atoms with van der Waals surface area (Å²) in [5.74, 6) is 0.171. The number of likely N-dealkylation sites (N-methyl/N-ethyl adjacent to an activating group) is 1. The number of carbonyl (C=O) groups excluding carboxylic acids is 2. The first-order valence-corrected chi connectivity index (χ1v) is 8.95. The van der Waals surface area contributed by atoms with E-state index in [0.29, 0.717) is 37.3 Å². The number of hydrogen-bond acceptors (Lipinski definition) is 4. The van der Waals surface area contributed by atoms with E-state index in [1.165, 1.54) is 0 Å². The van der Waals surface area contributed by atoms with Crippen molar-refractivity contribution in [3.05, 3.63) is 29.8 Å². The van der Waals surface area contributed by atoms with Crippen molar-refractivity contribution in [2.24, 2.45) is 0 Å². The fourth-order valence-corrected chi connectivity index (χ4v) is 3.80. The van der Waals surface area contributed by atoms with Crippen molar-refractivity contribution >= 4 is 17.6 Å². The highest BCUT2D eigenvalue weighted by Crippen LogP contribution is 2.32. The monoisotopic (exact) mass is 355 g/mol. The summed E-state index contributed by atoms with van der Waals surface area (Å²) in [6.07, 6.45) is 2.14. The number of benzene rings is 1. The fourth-order valence-electron chi connectivity index (χ4n) is 3.80. The lowest BCUT2D eigenvalue weighted by Gasteiger charge is -2.49. The van der Waals surface area contributed by atoms with Crippen molar-refractivity contribution in [1.29, 1.82) is 5.26 Å². The normalized spacial score (nSPS) is 24.3. The molecule has 1 spiro atoms. The van der Waals surface area contributed by atoms with Gasteiger partial charge in [-0.2, -0.15) is 5.26 Å². The molecule has 0 radical (unpaired) electrons. The van der Waals surface area contributed by atoms with Gasteiger partial charge in [0.2, 0.25) is 5.91 Å². The fraction of sp³-hybridized carbons (Fsp3) is 0.526. The number of nitrogens with zero attached hydrogens (tertiary/aromatic N) is 4. The summed E-state index contributed by atoms with van der Waals surface area (Å²) in [6.45, 7) is 2.74. The van der Waals surface area contributed by atoms with Gasteiger partial charge in [0.25, 0.3) is 0 Å². The molecule has 1 N–H and O–H groups in total. The molecule has 2 heterocycles. The van der Waals surface area contributed by atoms with E-state index in [0.717, 1.165) is 19.4 Å². The number of amides is 3. The molecule has 0 unspecified atom stereocenters. The van der Waals surface area contributed by atoms with Crippen LogP contribution in [0.2, 0.25) is 0 Å². The van der Waals surface area contributed by atoms with E-state index in [9.17, 15) is 9.59 Å². The van der Waals surface area contributed by atoms with E-state index in [1.807, 2.05) is 11.9 Å². The van der Waals surface area contributed by atoms with Crippen LogP contribution in [0.4, 0.5) is 10.5 Å². The SMILES string of the molecule is CN1CC[C@]2(CCC1=O)CN(C(=O)Nc1cccc(C#N)c1)CCN2C. The van der Waals surface area contributed by atoms with Gasteiger partial charge >= 0.3 is 6.03 Å². The Morgan fingerprint density at radius 2 is 2.04 bits per heavy atom. The average Bonchev–Trinajstić information content (AvgIpc) is 2.79. The minimum atomic E-state index is -0.162. The molecular weight excluding hydrogens is 330 g/mol. The predicted molar refractivity (Wildman–Crippen MR) is 98.6 cm³/mol. The summed E-state index contributed by atoms with van der Waals surface area (Å²) in [4.78, 5) is 30.7. The Morgan fingerprint density at radius 1 is 1.23 bits per heavy atom. The van der Waals surface area contributed by atoms with Gasteiger partial charge in [-0.25, -0.2) is 4.79 Å². The number of carbonyl (C=O) groups is 2. The summed E-state index contributed by atoms with van der Waals surface area (Å²) in [6, 6.07) is 8.84. The van der Waals surface area contributed by atoms with Crippen LogP contribution in [-0.2, 0) is 4.79 Å². The summed E-state index contributed by atoms with van der Waals surface area (Å²) in [5.41, 5.74) is 0.977. The van der Waals surface area contributed by atoms with E-state index in [4.69, 9.17) is 5.26 Å². The molecule has 7 nitrogen and oxygen atoms in total. The second kappa shape index (κ2) is 7.34. The molecule has 26 heavy (non-hydrogen) atoms. The van der Waals surface area contributed by atoms with Gasteiger partial charge in [0, 0.05) is 50.9 Å². The van der Waals surface area contributed by atoms with Crippen molar-refractivity contribution in [1.82, 2.24) is 14.7 Å². The molecule has 1 atom stereocenters. The maximum absolute atomic E-state index is 12.8. The molecule has 0 bridgehead atoms. The first-order valence-electron chi connectivity index (χ1n) is 8.95. The van der Waals surface area contributed by atoms with Crippen molar-refractivity contribution in [2.45, 2.75) is 24.8 Å². The van der Waals surface area contributed by atoms with Gasteiger partial charge in [-0.15, -0.1) is 0 Å². The van der Waals surface area contributed by atoms with Crippen molar-refractivity contribution < 1.29 is 9.59 Å². The van der Waals surface area contributed by atoms with Gasteiger partial charge in [0.05, 0.1) is 11.6 Å². The van der Waals surface area contributed by atoms with Gasteiger partial charge in [0.1, 0.15) is 0 Å². The summed E-state index contributed by atoms with van der Waals surface area (Å²) in [7, 11) is 3.93. The summed E-state index contributed by atoms with van der Waals surface area (Å²) in [5, 5.41) is 11.9. The highest BCUT2D eigenvalue weighted by atomic mass is 16.2. The number of hydrogen-bond donors (Lipinski definition) is 1. The number of urea groups is 1. The number of anilines is 1. The Hall–Kier alpha value is -2.59. The molecule has 7 heteroatoms. The minimum Gasteiger partial charge on any atom is -0.346 e. The zero-order valence-corrected chi connectivity index (χ0v) is 15.4. The molecule has 2 aliphatic heterocycles. The number of piperazine rings is 1. The lowest BCUT2D eigenvalue weighted by Crippen LogP contribution is -2.62. The Bertz CT molecular complexity index is 744. The quantitative estimate of drug-likeness (QED) is 0.832. The van der Waals surface area contributed by atoms with Gasteiger partial charge in [-0.3, -0.25) is 9.69 Å². The molecular formula is C19H25N5O2. The Labute approximate surface area is 154 Å². The van der Waals surface area contributed by atoms with Crippen LogP contribution < -0.4 is 5.32 Å². The largest absolute Gasteiger partial charge is 0.346 e. The van der Waals surface area contributed by atoms with E-state index in [2.05, 4.69) is 23.3 Å². The third-order valence-corrected chi connectivity index (χ3v) is 5.67. The molecule has 0 saturated carbocycles. The predicted octanol–water partition coefficient (Wildman–Crippen LogP) is 1.72. The third kappa shape index (κ3) is 3.65. The number of nitriles is 1. The topological polar surface area (TPSA) is 79.7 Å². The first kappa shape index (κ1) is 18.2. The number of nitrogens with one attached hydrogen (secondary N) is 1. The molecule has 0 aliphatic carbocycles. The van der Waals surface area contributed by atoms with Gasteiger partial charge in [-0.05, 0) is 38.1 Å². The Balaban J connectivity index is 1.72. The summed E-state index contributed by atoms with van der Waals surface area (Å²) < 4.78 is 0. The van der Waals surface area contributed by atoms with Crippen LogP contribution in [0.1, 0.15) is 24.8 Å². The van der Waals surface area contributed by atoms with Crippen LogP contribution in [-0.4, -0.2) is 72.5 Å². The van der Waals surface area contributed by atoms with Crippen molar-refractivity contribution in [3.8, 4) is 6.07 Å². The second-order valence-electron chi connectivity index (χ2n) is 7.26. The zero-order valence-electron chi connectivity index (χ0n) is 15.4. The third-order valence-electron chi connectivity index (χ3n) is 5.67. The lowest BCUT2D eigenvalue weighted by molar-refractivity contribution is -0.129. The molecule has 3 rings (SSSR count). The maximum Gasteiger partial charge on any atom is 0.321 e. The first-order chi connectivity index (χ1) is 12.4. The highest BCUT2D eigenvalue weighted by molar-refractivity contribution is 5.89. The Morgan fingerprint density at radius 3 is 2.81 bits per heavy atom. The van der Waals surface area contributed by atoms with Crippen LogP contribution in [0.5, 0.6) is 0 Å². The molecule has 2 saturated heterocycles. The van der Waals surface area contributed by atoms with Crippen LogP contribution in [0.3, 0.4) is 0 Å². The van der Waals surface area contributed by atoms with Crippen molar-refractivity contribution in [2.75, 3.05) is 45.6 Å². The molecule has 2 aliphatic rings. The maximum atomic E-state index is 12.8. The molecule has 2 fully saturated rings. The van der Waals surface area contributed by atoms with Crippen LogP contribution in [0, 0.1) is 11.3 Å². The molecule has 1 aromatic carbocycles. The standard InChI is InChI=1S/C19H25N5O2/c1-22-9-8-19(7-6-17(22)25)14-24(11-10-23(19)2)18(26)21-16-5-3-4-15(12-16)13-20/h3-5,12H,6-11,14H2,1-2H3,(H,21,26)/t19-/m1/s1.